The van der Waals surface area contributed by atoms with Gasteiger partial charge in [-0.3, -0.25) is 0 Å². The topological polar surface area (TPSA) is 40.5 Å². The van der Waals surface area contributed by atoms with Gasteiger partial charge in [-0.2, -0.15) is 0 Å². The predicted octanol–water partition coefficient (Wildman–Crippen LogP) is 4.31. The minimum absolute atomic E-state index is 0.285. The van der Waals surface area contributed by atoms with Crippen LogP contribution in [-0.4, -0.2) is 10.2 Å². The van der Waals surface area contributed by atoms with Crippen LogP contribution in [0, 0.1) is 0 Å². The fraction of sp³-hybridized carbons (Fsp3) is 0. The molecule has 0 radical (unpaired) electrons. The van der Waals surface area contributed by atoms with E-state index in [-0.39, 0.29) is 5.75 Å². The van der Waals surface area contributed by atoms with E-state index in [1.54, 1.807) is 42.5 Å². The number of hydrogen-bond donors (Lipinski definition) is 2. The van der Waals surface area contributed by atoms with Gasteiger partial charge in [0.15, 0.2) is 0 Å². The maximum atomic E-state index is 8.87. The summed E-state index contributed by atoms with van der Waals surface area (Å²) in [5.41, 5.74) is 0. The summed E-state index contributed by atoms with van der Waals surface area (Å²) in [4.78, 5) is 0. The third kappa shape index (κ3) is 4.68. The van der Waals surface area contributed by atoms with Crippen LogP contribution in [0.1, 0.15) is 0 Å². The van der Waals surface area contributed by atoms with Crippen LogP contribution in [-0.2, 0) is 0 Å². The molecule has 0 heterocycles. The molecule has 0 aliphatic heterocycles. The van der Waals surface area contributed by atoms with Crippen molar-refractivity contribution < 1.29 is 10.2 Å². The molecule has 0 atom stereocenters. The smallest absolute Gasteiger partial charge is 0.129 e. The minimum Gasteiger partial charge on any atom is -0.508 e. The Morgan fingerprint density at radius 3 is 1.69 bits per heavy atom. The van der Waals surface area contributed by atoms with Crippen LogP contribution in [0.25, 0.3) is 0 Å². The van der Waals surface area contributed by atoms with Crippen LogP contribution in [0.4, 0.5) is 0 Å². The highest BCUT2D eigenvalue weighted by atomic mass is 79.9. The molecule has 0 unspecified atom stereocenters. The number of aromatic hydroxyl groups is 2. The molecule has 0 aromatic heterocycles. The second-order valence-corrected chi connectivity index (χ2v) is 4.70. The molecule has 16 heavy (non-hydrogen) atoms. The van der Waals surface area contributed by atoms with Crippen LogP contribution < -0.4 is 0 Å². The lowest BCUT2D eigenvalue weighted by Gasteiger charge is -1.90. The monoisotopic (exact) mass is 344 g/mol. The van der Waals surface area contributed by atoms with E-state index in [1.165, 1.54) is 0 Å². The Hall–Kier alpha value is -1.00. The molecule has 0 saturated heterocycles. The van der Waals surface area contributed by atoms with E-state index >= 15 is 0 Å². The minimum atomic E-state index is 0.285. The van der Waals surface area contributed by atoms with Crippen molar-refractivity contribution in [3.05, 3.63) is 57.5 Å². The van der Waals surface area contributed by atoms with Crippen molar-refractivity contribution in [2.75, 3.05) is 0 Å². The number of rotatable bonds is 0. The average Bonchev–Trinajstić information content (AvgIpc) is 2.28. The highest BCUT2D eigenvalue weighted by Crippen LogP contribution is 2.21. The highest BCUT2D eigenvalue weighted by Gasteiger charge is 1.89. The van der Waals surface area contributed by atoms with Crippen molar-refractivity contribution in [2.24, 2.45) is 0 Å². The maximum absolute atomic E-state index is 8.87. The summed E-state index contributed by atoms with van der Waals surface area (Å²) in [7, 11) is 0. The van der Waals surface area contributed by atoms with E-state index in [2.05, 4.69) is 31.9 Å². The number of benzene rings is 2. The zero-order chi connectivity index (χ0) is 12.0. The molecule has 0 amide bonds. The predicted molar refractivity (Wildman–Crippen MR) is 71.6 cm³/mol. The molecular formula is C12H10Br2O2. The lowest BCUT2D eigenvalue weighted by atomic mass is 10.3. The number of phenols is 2. The molecule has 0 spiro atoms. The molecule has 0 aliphatic rings. The van der Waals surface area contributed by atoms with E-state index < -0.39 is 0 Å². The lowest BCUT2D eigenvalue weighted by molar-refractivity contribution is 0.472. The molecule has 4 heteroatoms. The van der Waals surface area contributed by atoms with Gasteiger partial charge in [-0.1, -0.05) is 28.1 Å². The molecule has 84 valence electrons. The van der Waals surface area contributed by atoms with Gasteiger partial charge in [-0.15, -0.1) is 0 Å². The number of phenolic OH excluding ortho intramolecular Hbond substituents is 2. The van der Waals surface area contributed by atoms with Crippen molar-refractivity contribution in [1.29, 1.82) is 0 Å². The Bertz CT molecular complexity index is 399. The Kier molecular flexibility index (Phi) is 5.35. The molecule has 2 nitrogen and oxygen atoms in total. The molecular weight excluding hydrogens is 336 g/mol. The van der Waals surface area contributed by atoms with Crippen LogP contribution in [0.2, 0.25) is 0 Å². The Labute approximate surface area is 111 Å². The first-order valence-electron chi connectivity index (χ1n) is 4.47. The number of hydrogen-bond acceptors (Lipinski definition) is 2. The largest absolute Gasteiger partial charge is 0.508 e. The van der Waals surface area contributed by atoms with E-state index in [0.717, 1.165) is 8.95 Å². The third-order valence-electron chi connectivity index (χ3n) is 1.68. The summed E-state index contributed by atoms with van der Waals surface area (Å²) in [6, 6.07) is 13.9. The van der Waals surface area contributed by atoms with Gasteiger partial charge in [0.1, 0.15) is 11.5 Å². The Morgan fingerprint density at radius 2 is 1.31 bits per heavy atom. The summed E-state index contributed by atoms with van der Waals surface area (Å²) < 4.78 is 1.72. The molecule has 2 rings (SSSR count). The summed E-state index contributed by atoms with van der Waals surface area (Å²) in [6.07, 6.45) is 0. The number of para-hydroxylation sites is 1. The van der Waals surface area contributed by atoms with Gasteiger partial charge < -0.3 is 10.2 Å². The Balaban J connectivity index is 0.000000160. The van der Waals surface area contributed by atoms with E-state index in [4.69, 9.17) is 10.2 Å². The van der Waals surface area contributed by atoms with Crippen LogP contribution >= 0.6 is 31.9 Å². The van der Waals surface area contributed by atoms with Crippen LogP contribution in [0.3, 0.4) is 0 Å². The molecule has 0 fully saturated rings. The van der Waals surface area contributed by atoms with Gasteiger partial charge >= 0.3 is 0 Å². The zero-order valence-electron chi connectivity index (χ0n) is 8.27. The molecule has 0 saturated carbocycles. The first-order chi connectivity index (χ1) is 7.59. The summed E-state index contributed by atoms with van der Waals surface area (Å²) in [6.45, 7) is 0. The maximum Gasteiger partial charge on any atom is 0.129 e. The summed E-state index contributed by atoms with van der Waals surface area (Å²) in [5.74, 6) is 0.584. The zero-order valence-corrected chi connectivity index (χ0v) is 11.4. The van der Waals surface area contributed by atoms with Gasteiger partial charge in [-0.05, 0) is 52.3 Å². The van der Waals surface area contributed by atoms with Gasteiger partial charge in [0.2, 0.25) is 0 Å². The van der Waals surface area contributed by atoms with Gasteiger partial charge in [0.25, 0.3) is 0 Å². The number of halogens is 2. The molecule has 2 N–H and O–H groups in total. The van der Waals surface area contributed by atoms with Gasteiger partial charge in [0, 0.05) is 4.47 Å². The Morgan fingerprint density at radius 1 is 0.750 bits per heavy atom. The fourth-order valence-corrected chi connectivity index (χ4v) is 1.44. The fourth-order valence-electron chi connectivity index (χ4n) is 0.893. The third-order valence-corrected chi connectivity index (χ3v) is 2.88. The van der Waals surface area contributed by atoms with Crippen LogP contribution in [0.5, 0.6) is 11.5 Å². The van der Waals surface area contributed by atoms with Crippen molar-refractivity contribution in [2.45, 2.75) is 0 Å². The van der Waals surface area contributed by atoms with Crippen molar-refractivity contribution in [3.8, 4) is 11.5 Å². The van der Waals surface area contributed by atoms with Crippen LogP contribution in [0.15, 0.2) is 57.5 Å². The van der Waals surface area contributed by atoms with E-state index in [0.29, 0.717) is 5.75 Å². The van der Waals surface area contributed by atoms with Gasteiger partial charge in [0.05, 0.1) is 4.47 Å². The summed E-state index contributed by atoms with van der Waals surface area (Å²) >= 11 is 6.38. The average molecular weight is 346 g/mol. The van der Waals surface area contributed by atoms with Gasteiger partial charge in [-0.25, -0.2) is 0 Å². The van der Waals surface area contributed by atoms with Crippen molar-refractivity contribution in [1.82, 2.24) is 0 Å². The first-order valence-corrected chi connectivity index (χ1v) is 6.06. The van der Waals surface area contributed by atoms with E-state index in [1.807, 2.05) is 6.07 Å². The normalized spacial score (nSPS) is 9.12. The molecule has 0 aliphatic carbocycles. The lowest BCUT2D eigenvalue weighted by Crippen LogP contribution is -1.63. The first kappa shape index (κ1) is 13.1. The second kappa shape index (κ2) is 6.55. The SMILES string of the molecule is Oc1ccc(Br)cc1.Oc1ccccc1Br. The second-order valence-electron chi connectivity index (χ2n) is 2.93. The van der Waals surface area contributed by atoms with Crippen molar-refractivity contribution in [3.63, 3.8) is 0 Å². The standard InChI is InChI=1S/2C6H5BrO/c7-5-1-3-6(8)4-2-5;7-5-3-1-2-4-6(5)8/h2*1-4,8H. The molecule has 0 bridgehead atoms. The molecule has 2 aromatic carbocycles. The highest BCUT2D eigenvalue weighted by molar-refractivity contribution is 9.10. The van der Waals surface area contributed by atoms with E-state index in [9.17, 15) is 0 Å². The summed E-state index contributed by atoms with van der Waals surface area (Å²) in [5, 5.41) is 17.6. The quantitative estimate of drug-likeness (QED) is 0.746. The molecule has 2 aromatic rings. The van der Waals surface area contributed by atoms with Crippen molar-refractivity contribution >= 4 is 31.9 Å².